The molecule has 5 aromatic rings. The highest BCUT2D eigenvalue weighted by Crippen LogP contribution is 2.35. The third-order valence-corrected chi connectivity index (χ3v) is 5.98. The molecular weight excluding hydrogens is 402 g/mol. The number of nitrogens with zero attached hydrogens (tertiary/aromatic N) is 3. The van der Waals surface area contributed by atoms with E-state index in [1.807, 2.05) is 36.7 Å². The van der Waals surface area contributed by atoms with E-state index in [4.69, 9.17) is 15.0 Å². The van der Waals surface area contributed by atoms with E-state index in [0.29, 0.717) is 0 Å². The van der Waals surface area contributed by atoms with Gasteiger partial charge in [0.1, 0.15) is 0 Å². The molecule has 0 aromatic heterocycles. The van der Waals surface area contributed by atoms with Crippen LogP contribution >= 0.6 is 0 Å². The molecule has 0 fully saturated rings. The van der Waals surface area contributed by atoms with Crippen molar-refractivity contribution in [1.29, 1.82) is 0 Å². The van der Waals surface area contributed by atoms with Crippen molar-refractivity contribution >= 4 is 61.8 Å². The van der Waals surface area contributed by atoms with Crippen LogP contribution in [0, 0.1) is 0 Å². The van der Waals surface area contributed by atoms with Gasteiger partial charge >= 0.3 is 0 Å². The van der Waals surface area contributed by atoms with Crippen LogP contribution in [0.2, 0.25) is 0 Å². The summed E-state index contributed by atoms with van der Waals surface area (Å²) in [6.07, 6.45) is 6.58. The maximum Gasteiger partial charge on any atom is 0.0787 e. The van der Waals surface area contributed by atoms with Gasteiger partial charge in [-0.25, -0.2) is 0 Å². The Morgan fingerprint density at radius 2 is 1.24 bits per heavy atom. The zero-order valence-corrected chi connectivity index (χ0v) is 18.0. The summed E-state index contributed by atoms with van der Waals surface area (Å²) >= 11 is 0. The van der Waals surface area contributed by atoms with E-state index in [0.717, 1.165) is 45.4 Å². The van der Waals surface area contributed by atoms with Crippen LogP contribution in [0.3, 0.4) is 0 Å². The largest absolute Gasteiger partial charge is 0.254 e. The highest BCUT2D eigenvalue weighted by atomic mass is 14.8. The summed E-state index contributed by atoms with van der Waals surface area (Å²) in [4.78, 5) is 14.3. The zero-order chi connectivity index (χ0) is 22.0. The van der Waals surface area contributed by atoms with Gasteiger partial charge in [-0.1, -0.05) is 91.0 Å². The monoisotopic (exact) mass is 423 g/mol. The van der Waals surface area contributed by atoms with Gasteiger partial charge in [-0.15, -0.1) is 0 Å². The van der Waals surface area contributed by atoms with E-state index < -0.39 is 0 Å². The Hall–Kier alpha value is -4.37. The fourth-order valence-electron chi connectivity index (χ4n) is 4.35. The Kier molecular flexibility index (Phi) is 4.85. The first-order valence-electron chi connectivity index (χ1n) is 11.1. The number of hydrogen-bond acceptors (Lipinski definition) is 3. The number of allylic oxidation sites excluding steroid dienone is 2. The van der Waals surface area contributed by atoms with Crippen LogP contribution in [-0.2, 0) is 0 Å². The van der Waals surface area contributed by atoms with E-state index in [9.17, 15) is 0 Å². The van der Waals surface area contributed by atoms with Crippen molar-refractivity contribution in [2.24, 2.45) is 15.0 Å². The first-order valence-corrected chi connectivity index (χ1v) is 11.1. The summed E-state index contributed by atoms with van der Waals surface area (Å²) in [5.41, 5.74) is 3.75. The lowest BCUT2D eigenvalue weighted by Gasteiger charge is -2.07. The fourth-order valence-corrected chi connectivity index (χ4v) is 4.35. The number of fused-ring (bicyclic) bond motifs is 3. The minimum absolute atomic E-state index is 0.753. The molecule has 0 spiro atoms. The minimum Gasteiger partial charge on any atom is -0.254 e. The summed E-state index contributed by atoms with van der Waals surface area (Å²) in [5, 5.41) is 7.01. The third kappa shape index (κ3) is 3.74. The van der Waals surface area contributed by atoms with E-state index in [-0.39, 0.29) is 0 Å². The molecule has 0 saturated carbocycles. The lowest BCUT2D eigenvalue weighted by atomic mass is 10.0. The van der Waals surface area contributed by atoms with Crippen molar-refractivity contribution < 1.29 is 0 Å². The van der Waals surface area contributed by atoms with Crippen LogP contribution in [0.15, 0.2) is 124 Å². The lowest BCUT2D eigenvalue weighted by molar-refractivity contribution is 1.49. The molecular formula is C30H21N3. The molecule has 156 valence electrons. The highest BCUT2D eigenvalue weighted by molar-refractivity contribution is 6.33. The average Bonchev–Trinajstić information content (AvgIpc) is 3.33. The van der Waals surface area contributed by atoms with Crippen LogP contribution < -0.4 is 0 Å². The van der Waals surface area contributed by atoms with E-state index in [1.54, 1.807) is 0 Å². The number of rotatable bonds is 4. The number of hydrogen-bond donors (Lipinski definition) is 0. The molecule has 3 heteroatoms. The minimum atomic E-state index is 0.753. The molecule has 0 saturated heterocycles. The number of benzene rings is 5. The molecule has 0 N–H and O–H groups in total. The Balaban J connectivity index is 1.30. The van der Waals surface area contributed by atoms with E-state index >= 15 is 0 Å². The van der Waals surface area contributed by atoms with Gasteiger partial charge in [-0.05, 0) is 28.3 Å². The van der Waals surface area contributed by atoms with Crippen molar-refractivity contribution in [2.45, 2.75) is 6.42 Å². The molecule has 1 aliphatic heterocycles. The second-order valence-electron chi connectivity index (χ2n) is 8.12. The van der Waals surface area contributed by atoms with Crippen molar-refractivity contribution in [2.75, 3.05) is 0 Å². The average molecular weight is 424 g/mol. The smallest absolute Gasteiger partial charge is 0.0787 e. The maximum atomic E-state index is 4.90. The van der Waals surface area contributed by atoms with Gasteiger partial charge in [-0.2, -0.15) is 0 Å². The van der Waals surface area contributed by atoms with E-state index in [1.165, 1.54) is 16.2 Å². The molecule has 0 bridgehead atoms. The van der Waals surface area contributed by atoms with E-state index in [2.05, 4.69) is 78.9 Å². The molecule has 1 heterocycles. The van der Waals surface area contributed by atoms with Crippen LogP contribution in [-0.4, -0.2) is 18.1 Å². The van der Waals surface area contributed by atoms with Crippen LogP contribution in [0.25, 0.3) is 32.3 Å². The van der Waals surface area contributed by atoms with Crippen molar-refractivity contribution in [3.8, 4) is 0 Å². The Bertz CT molecular complexity index is 1580. The van der Waals surface area contributed by atoms with Crippen molar-refractivity contribution in [3.05, 3.63) is 109 Å². The lowest BCUT2D eigenvalue weighted by Crippen LogP contribution is -1.94. The first-order chi connectivity index (χ1) is 16.3. The Morgan fingerprint density at radius 1 is 0.606 bits per heavy atom. The summed E-state index contributed by atoms with van der Waals surface area (Å²) in [6.45, 7) is 0. The second kappa shape index (κ2) is 8.29. The number of aliphatic imine (C=N–C) groups is 3. The van der Waals surface area contributed by atoms with Gasteiger partial charge < -0.3 is 0 Å². The zero-order valence-electron chi connectivity index (χ0n) is 18.0. The molecule has 1 aliphatic rings. The van der Waals surface area contributed by atoms with Gasteiger partial charge in [0.05, 0.1) is 29.0 Å². The summed E-state index contributed by atoms with van der Waals surface area (Å²) < 4.78 is 0. The van der Waals surface area contributed by atoms with Gasteiger partial charge in [0.2, 0.25) is 0 Å². The molecule has 0 atom stereocenters. The van der Waals surface area contributed by atoms with Crippen LogP contribution in [0.4, 0.5) is 11.4 Å². The summed E-state index contributed by atoms with van der Waals surface area (Å²) in [6, 6.07) is 33.5. The molecule has 0 unspecified atom stereocenters. The Labute approximate surface area is 192 Å². The quantitative estimate of drug-likeness (QED) is 0.208. The van der Waals surface area contributed by atoms with Crippen LogP contribution in [0.5, 0.6) is 0 Å². The normalized spacial score (nSPS) is 14.1. The first kappa shape index (κ1) is 19.3. The second-order valence-corrected chi connectivity index (χ2v) is 8.12. The van der Waals surface area contributed by atoms with Crippen molar-refractivity contribution in [3.63, 3.8) is 0 Å². The predicted molar refractivity (Wildman–Crippen MR) is 142 cm³/mol. The van der Waals surface area contributed by atoms with Gasteiger partial charge in [-0.3, -0.25) is 15.0 Å². The molecule has 6 rings (SSSR count). The highest BCUT2D eigenvalue weighted by Gasteiger charge is 2.09. The van der Waals surface area contributed by atoms with Crippen LogP contribution in [0.1, 0.15) is 6.42 Å². The van der Waals surface area contributed by atoms with Crippen molar-refractivity contribution in [1.82, 2.24) is 0 Å². The molecule has 0 amide bonds. The summed E-state index contributed by atoms with van der Waals surface area (Å²) in [7, 11) is 0. The molecule has 0 radical (unpaired) electrons. The van der Waals surface area contributed by atoms with Gasteiger partial charge in [0, 0.05) is 28.8 Å². The SMILES string of the molecule is C(=Nc1cccc2ccccc12)C1=CCC(C=Nc2c3ccccc3cc3ccccc23)=N1. The van der Waals surface area contributed by atoms with Gasteiger partial charge in [0.15, 0.2) is 0 Å². The molecule has 0 aliphatic carbocycles. The topological polar surface area (TPSA) is 37.1 Å². The van der Waals surface area contributed by atoms with Gasteiger partial charge in [0.25, 0.3) is 0 Å². The maximum absolute atomic E-state index is 4.90. The Morgan fingerprint density at radius 3 is 2.00 bits per heavy atom. The summed E-state index contributed by atoms with van der Waals surface area (Å²) in [5.74, 6) is 0. The standard InChI is InChI=1S/C30H21N3/c1-4-12-26-21(8-1)11-7-15-29(26)31-19-24-16-17-25(33-24)20-32-30-27-13-5-2-9-22(27)18-23-10-3-6-14-28(23)30/h1-16,18-20H,17H2. The molecule has 5 aromatic carbocycles. The third-order valence-electron chi connectivity index (χ3n) is 5.98. The predicted octanol–water partition coefficient (Wildman–Crippen LogP) is 7.98. The molecule has 3 nitrogen and oxygen atoms in total. The molecule has 33 heavy (non-hydrogen) atoms. The fraction of sp³-hybridized carbons (Fsp3) is 0.0333.